The van der Waals surface area contributed by atoms with Crippen molar-refractivity contribution in [2.24, 2.45) is 16.8 Å². The smallest absolute Gasteiger partial charge is 0.252 e. The summed E-state index contributed by atoms with van der Waals surface area (Å²) in [4.78, 5) is 12.2. The van der Waals surface area contributed by atoms with E-state index in [-0.39, 0.29) is 11.7 Å². The van der Waals surface area contributed by atoms with E-state index in [0.29, 0.717) is 18.8 Å². The second-order valence-electron chi connectivity index (χ2n) is 5.92. The van der Waals surface area contributed by atoms with Crippen molar-refractivity contribution in [2.45, 2.75) is 57.6 Å². The average Bonchev–Trinajstić information content (AvgIpc) is 2.40. The van der Waals surface area contributed by atoms with Crippen molar-refractivity contribution >= 4 is 11.7 Å². The van der Waals surface area contributed by atoms with E-state index in [0.717, 1.165) is 12.8 Å². The van der Waals surface area contributed by atoms with Crippen LogP contribution in [0.2, 0.25) is 0 Å². The number of amidine groups is 1. The first-order valence-corrected chi connectivity index (χ1v) is 6.63. The summed E-state index contributed by atoms with van der Waals surface area (Å²) in [5.41, 5.74) is 4.11. The minimum atomic E-state index is -0.939. The summed E-state index contributed by atoms with van der Waals surface area (Å²) in [7, 11) is 1.48. The zero-order chi connectivity index (χ0) is 14.7. The van der Waals surface area contributed by atoms with Gasteiger partial charge in [0.25, 0.3) is 5.91 Å². The summed E-state index contributed by atoms with van der Waals surface area (Å²) in [6, 6.07) is 0. The maximum absolute atomic E-state index is 12.2. The second kappa shape index (κ2) is 5.77. The number of hydrogen-bond acceptors (Lipinski definition) is 4. The number of nitrogens with two attached hydrogens (primary N) is 1. The third-order valence-corrected chi connectivity index (χ3v) is 4.14. The molecule has 0 aliphatic heterocycles. The lowest BCUT2D eigenvalue weighted by Gasteiger charge is -2.40. The van der Waals surface area contributed by atoms with Crippen LogP contribution in [0.4, 0.5) is 0 Å². The molecular weight excluding hydrogens is 246 g/mol. The molecule has 0 bridgehead atoms. The standard InChI is InChI=1S/C13H25N3O3/c1-9-5-7-13(8-6-9,10(14)16-18)15-11(17)12(2,3)19-4/h9,18H,5-8H2,1-4H3,(H2,14,16)(H,15,17). The Morgan fingerprint density at radius 1 is 1.47 bits per heavy atom. The summed E-state index contributed by atoms with van der Waals surface area (Å²) in [5.74, 6) is 0.405. The molecule has 0 radical (unpaired) electrons. The van der Waals surface area contributed by atoms with Gasteiger partial charge >= 0.3 is 0 Å². The summed E-state index contributed by atoms with van der Waals surface area (Å²) >= 11 is 0. The summed E-state index contributed by atoms with van der Waals surface area (Å²) < 4.78 is 5.17. The Balaban J connectivity index is 2.91. The largest absolute Gasteiger partial charge is 0.409 e. The van der Waals surface area contributed by atoms with Crippen molar-refractivity contribution in [1.29, 1.82) is 0 Å². The van der Waals surface area contributed by atoms with Gasteiger partial charge in [-0.2, -0.15) is 0 Å². The lowest BCUT2D eigenvalue weighted by Crippen LogP contribution is -2.62. The molecule has 0 spiro atoms. The predicted octanol–water partition coefficient (Wildman–Crippen LogP) is 1.22. The van der Waals surface area contributed by atoms with Crippen LogP contribution in [-0.2, 0) is 9.53 Å². The minimum absolute atomic E-state index is 0.0691. The van der Waals surface area contributed by atoms with Gasteiger partial charge < -0.3 is 21.0 Å². The molecule has 0 aromatic rings. The first-order valence-electron chi connectivity index (χ1n) is 6.63. The molecule has 4 N–H and O–H groups in total. The van der Waals surface area contributed by atoms with Gasteiger partial charge in [-0.05, 0) is 45.4 Å². The van der Waals surface area contributed by atoms with Crippen molar-refractivity contribution in [3.05, 3.63) is 0 Å². The van der Waals surface area contributed by atoms with E-state index in [1.54, 1.807) is 13.8 Å². The highest BCUT2D eigenvalue weighted by molar-refractivity contribution is 5.96. The van der Waals surface area contributed by atoms with E-state index in [1.165, 1.54) is 7.11 Å². The fourth-order valence-electron chi connectivity index (χ4n) is 2.26. The summed E-state index contributed by atoms with van der Waals surface area (Å²) in [6.07, 6.45) is 3.22. The molecule has 0 aromatic heterocycles. The molecular formula is C13H25N3O3. The maximum Gasteiger partial charge on any atom is 0.252 e. The SMILES string of the molecule is COC(C)(C)C(=O)NC1(C(N)=NO)CCC(C)CC1. The van der Waals surface area contributed by atoms with Crippen LogP contribution in [0, 0.1) is 5.92 Å². The highest BCUT2D eigenvalue weighted by atomic mass is 16.5. The number of carbonyl (C=O) groups is 1. The van der Waals surface area contributed by atoms with E-state index in [1.807, 2.05) is 0 Å². The molecule has 110 valence electrons. The number of carbonyl (C=O) groups excluding carboxylic acids is 1. The molecule has 1 rings (SSSR count). The molecule has 0 unspecified atom stereocenters. The molecule has 19 heavy (non-hydrogen) atoms. The number of oxime groups is 1. The number of rotatable bonds is 4. The van der Waals surface area contributed by atoms with E-state index < -0.39 is 11.1 Å². The van der Waals surface area contributed by atoms with Gasteiger partial charge in [-0.15, -0.1) is 0 Å². The van der Waals surface area contributed by atoms with Crippen LogP contribution < -0.4 is 11.1 Å². The first kappa shape index (κ1) is 15.8. The fourth-order valence-corrected chi connectivity index (χ4v) is 2.26. The quantitative estimate of drug-likeness (QED) is 0.310. The predicted molar refractivity (Wildman–Crippen MR) is 73.0 cm³/mol. The zero-order valence-corrected chi connectivity index (χ0v) is 12.2. The lowest BCUT2D eigenvalue weighted by atomic mass is 9.76. The van der Waals surface area contributed by atoms with Gasteiger partial charge in [-0.3, -0.25) is 4.79 Å². The lowest BCUT2D eigenvalue weighted by molar-refractivity contribution is -0.141. The third-order valence-electron chi connectivity index (χ3n) is 4.14. The molecule has 1 amide bonds. The molecule has 0 heterocycles. The normalized spacial score (nSPS) is 29.1. The van der Waals surface area contributed by atoms with Crippen LogP contribution in [0.3, 0.4) is 0 Å². The second-order valence-corrected chi connectivity index (χ2v) is 5.92. The van der Waals surface area contributed by atoms with E-state index in [4.69, 9.17) is 15.7 Å². The van der Waals surface area contributed by atoms with Crippen molar-refractivity contribution in [3.63, 3.8) is 0 Å². The molecule has 1 aliphatic rings. The highest BCUT2D eigenvalue weighted by Gasteiger charge is 2.42. The summed E-state index contributed by atoms with van der Waals surface area (Å²) in [6.45, 7) is 5.54. The minimum Gasteiger partial charge on any atom is -0.409 e. The first-order chi connectivity index (χ1) is 8.77. The Morgan fingerprint density at radius 2 is 2.00 bits per heavy atom. The van der Waals surface area contributed by atoms with Crippen LogP contribution in [0.5, 0.6) is 0 Å². The van der Waals surface area contributed by atoms with Gasteiger partial charge in [0, 0.05) is 7.11 Å². The van der Waals surface area contributed by atoms with Gasteiger partial charge in [0.15, 0.2) is 5.84 Å². The average molecular weight is 271 g/mol. The maximum atomic E-state index is 12.2. The Hall–Kier alpha value is -1.30. The summed E-state index contributed by atoms with van der Waals surface area (Å²) in [5, 5.41) is 15.0. The molecule has 1 fully saturated rings. The van der Waals surface area contributed by atoms with Crippen molar-refractivity contribution in [3.8, 4) is 0 Å². The van der Waals surface area contributed by atoms with E-state index >= 15 is 0 Å². The molecule has 1 saturated carbocycles. The van der Waals surface area contributed by atoms with Crippen molar-refractivity contribution in [1.82, 2.24) is 5.32 Å². The Kier molecular flexibility index (Phi) is 4.79. The Bertz CT molecular complexity index is 358. The molecule has 0 saturated heterocycles. The Morgan fingerprint density at radius 3 is 2.42 bits per heavy atom. The van der Waals surface area contributed by atoms with E-state index in [9.17, 15) is 4.79 Å². The number of amides is 1. The highest BCUT2D eigenvalue weighted by Crippen LogP contribution is 2.32. The monoisotopic (exact) mass is 271 g/mol. The third kappa shape index (κ3) is 3.37. The van der Waals surface area contributed by atoms with Gasteiger partial charge in [0.2, 0.25) is 0 Å². The Labute approximate surface area is 114 Å². The van der Waals surface area contributed by atoms with Gasteiger partial charge in [-0.1, -0.05) is 12.1 Å². The fraction of sp³-hybridized carbons (Fsp3) is 0.846. The van der Waals surface area contributed by atoms with Gasteiger partial charge in [0.05, 0.1) is 0 Å². The molecule has 6 heteroatoms. The van der Waals surface area contributed by atoms with Crippen LogP contribution in [0.15, 0.2) is 5.16 Å². The van der Waals surface area contributed by atoms with Gasteiger partial charge in [0.1, 0.15) is 11.1 Å². The van der Waals surface area contributed by atoms with Crippen molar-refractivity contribution < 1.29 is 14.7 Å². The number of methoxy groups -OCH3 is 1. The molecule has 0 aromatic carbocycles. The van der Waals surface area contributed by atoms with Crippen molar-refractivity contribution in [2.75, 3.05) is 7.11 Å². The van der Waals surface area contributed by atoms with Crippen LogP contribution >= 0.6 is 0 Å². The van der Waals surface area contributed by atoms with E-state index in [2.05, 4.69) is 17.4 Å². The number of nitrogens with zero attached hydrogens (tertiary/aromatic N) is 1. The van der Waals surface area contributed by atoms with Crippen LogP contribution in [-0.4, -0.2) is 35.2 Å². The van der Waals surface area contributed by atoms with Crippen LogP contribution in [0.1, 0.15) is 46.5 Å². The zero-order valence-electron chi connectivity index (χ0n) is 12.2. The molecule has 6 nitrogen and oxygen atoms in total. The topological polar surface area (TPSA) is 96.9 Å². The number of hydrogen-bond donors (Lipinski definition) is 3. The number of nitrogens with one attached hydrogen (secondary N) is 1. The molecule has 0 atom stereocenters. The molecule has 1 aliphatic carbocycles. The van der Waals surface area contributed by atoms with Crippen LogP contribution in [0.25, 0.3) is 0 Å². The number of ether oxygens (including phenoxy) is 1. The van der Waals surface area contributed by atoms with Gasteiger partial charge in [-0.25, -0.2) is 0 Å².